The van der Waals surface area contributed by atoms with Gasteiger partial charge in [0.15, 0.2) is 0 Å². The average Bonchev–Trinajstić information content (AvgIpc) is 3.10. The smallest absolute Gasteiger partial charge is 0.00989 e. The van der Waals surface area contributed by atoms with Gasteiger partial charge in [-0.2, -0.15) is 0 Å². The van der Waals surface area contributed by atoms with Crippen molar-refractivity contribution in [3.63, 3.8) is 0 Å². The molecule has 0 heterocycles. The van der Waals surface area contributed by atoms with Crippen LogP contribution in [-0.4, -0.2) is 0 Å². The van der Waals surface area contributed by atoms with Gasteiger partial charge < -0.3 is 0 Å². The fraction of sp³-hybridized carbons (Fsp3) is 0.0638. The van der Waals surface area contributed by atoms with Crippen LogP contribution in [0, 0.1) is 20.8 Å². The first-order valence-corrected chi connectivity index (χ1v) is 16.4. The zero-order valence-electron chi connectivity index (χ0n) is 27.1. The van der Waals surface area contributed by atoms with Gasteiger partial charge in [-0.05, 0) is 145 Å². The van der Waals surface area contributed by atoms with Crippen LogP contribution in [0.1, 0.15) is 16.7 Å². The molecule has 47 heavy (non-hydrogen) atoms. The molecular weight excluding hydrogens is 565 g/mol. The maximum Gasteiger partial charge on any atom is -0.00989 e. The summed E-state index contributed by atoms with van der Waals surface area (Å²) in [6.45, 7) is 6.56. The van der Waals surface area contributed by atoms with Crippen molar-refractivity contribution in [1.82, 2.24) is 0 Å². The van der Waals surface area contributed by atoms with Crippen molar-refractivity contribution in [3.05, 3.63) is 180 Å². The highest BCUT2D eigenvalue weighted by molar-refractivity contribution is 6.01. The summed E-state index contributed by atoms with van der Waals surface area (Å²) in [5.74, 6) is 0. The first-order chi connectivity index (χ1) is 23.0. The van der Waals surface area contributed by atoms with E-state index in [1.165, 1.54) is 93.9 Å². The minimum absolute atomic E-state index is 1.23. The van der Waals surface area contributed by atoms with Crippen molar-refractivity contribution in [1.29, 1.82) is 0 Å². The summed E-state index contributed by atoms with van der Waals surface area (Å²) in [7, 11) is 0. The molecular formula is C47H36. The van der Waals surface area contributed by atoms with E-state index >= 15 is 0 Å². The summed E-state index contributed by atoms with van der Waals surface area (Å²) in [5.41, 5.74) is 16.2. The van der Waals surface area contributed by atoms with Crippen LogP contribution in [0.2, 0.25) is 0 Å². The van der Waals surface area contributed by atoms with Crippen molar-refractivity contribution in [2.24, 2.45) is 0 Å². The minimum Gasteiger partial charge on any atom is -0.0616 e. The standard InChI is InChI=1S/C47H36/c1-31-10-8-14-35(20-31)37-15-9-16-38(26-37)42-22-33(3)24-45(29-42)47-30-44(27-40-13-6-7-17-46(40)47)43-23-32(2)21-41(28-43)39-19-18-34-11-4-5-12-36(34)25-39/h4-30H,1-3H3. The molecule has 0 saturated heterocycles. The second-order valence-corrected chi connectivity index (χ2v) is 12.9. The highest BCUT2D eigenvalue weighted by Gasteiger charge is 2.13. The lowest BCUT2D eigenvalue weighted by Crippen LogP contribution is -1.90. The molecule has 224 valence electrons. The van der Waals surface area contributed by atoms with E-state index in [2.05, 4.69) is 185 Å². The van der Waals surface area contributed by atoms with Crippen molar-refractivity contribution in [2.45, 2.75) is 20.8 Å². The molecule has 0 aliphatic rings. The zero-order chi connectivity index (χ0) is 31.9. The Labute approximate surface area is 277 Å². The van der Waals surface area contributed by atoms with Gasteiger partial charge in [0.1, 0.15) is 0 Å². The molecule has 0 bridgehead atoms. The van der Waals surface area contributed by atoms with E-state index in [0.29, 0.717) is 0 Å². The number of rotatable bonds is 5. The van der Waals surface area contributed by atoms with Crippen LogP contribution in [0.5, 0.6) is 0 Å². The van der Waals surface area contributed by atoms with Gasteiger partial charge in [0.2, 0.25) is 0 Å². The molecule has 8 aromatic rings. The van der Waals surface area contributed by atoms with Gasteiger partial charge in [-0.3, -0.25) is 0 Å². The monoisotopic (exact) mass is 600 g/mol. The SMILES string of the molecule is Cc1cccc(-c2cccc(-c3cc(C)cc(-c4cc(-c5cc(C)cc(-c6ccc7ccccc7c6)c5)cc5ccccc45)c3)c2)c1. The number of hydrogen-bond acceptors (Lipinski definition) is 0. The van der Waals surface area contributed by atoms with Crippen LogP contribution in [0.15, 0.2) is 164 Å². The van der Waals surface area contributed by atoms with Gasteiger partial charge in [0, 0.05) is 0 Å². The molecule has 0 saturated carbocycles. The highest BCUT2D eigenvalue weighted by Crippen LogP contribution is 2.38. The van der Waals surface area contributed by atoms with Gasteiger partial charge in [-0.25, -0.2) is 0 Å². The molecule has 8 rings (SSSR count). The van der Waals surface area contributed by atoms with E-state index in [1.54, 1.807) is 0 Å². The Balaban J connectivity index is 1.25. The lowest BCUT2D eigenvalue weighted by molar-refractivity contribution is 1.45. The molecule has 0 aliphatic heterocycles. The third kappa shape index (κ3) is 5.75. The topological polar surface area (TPSA) is 0 Å². The summed E-state index contributed by atoms with van der Waals surface area (Å²) in [6.07, 6.45) is 0. The molecule has 0 nitrogen and oxygen atoms in total. The van der Waals surface area contributed by atoms with Crippen LogP contribution in [-0.2, 0) is 0 Å². The van der Waals surface area contributed by atoms with Crippen LogP contribution in [0.3, 0.4) is 0 Å². The Morgan fingerprint density at radius 3 is 1.47 bits per heavy atom. The summed E-state index contributed by atoms with van der Waals surface area (Å²) in [6, 6.07) is 60.5. The molecule has 8 aromatic carbocycles. The second kappa shape index (κ2) is 11.9. The van der Waals surface area contributed by atoms with Gasteiger partial charge in [0.25, 0.3) is 0 Å². The van der Waals surface area contributed by atoms with Crippen LogP contribution in [0.25, 0.3) is 77.2 Å². The van der Waals surface area contributed by atoms with Gasteiger partial charge >= 0.3 is 0 Å². The Kier molecular flexibility index (Phi) is 7.27. The maximum atomic E-state index is 2.39. The third-order valence-corrected chi connectivity index (χ3v) is 9.29. The van der Waals surface area contributed by atoms with E-state index in [-0.39, 0.29) is 0 Å². The second-order valence-electron chi connectivity index (χ2n) is 12.9. The summed E-state index contributed by atoms with van der Waals surface area (Å²) >= 11 is 0. The third-order valence-electron chi connectivity index (χ3n) is 9.29. The Hall–Kier alpha value is -5.72. The van der Waals surface area contributed by atoms with Crippen LogP contribution < -0.4 is 0 Å². The largest absolute Gasteiger partial charge is 0.0616 e. The quantitative estimate of drug-likeness (QED) is 0.184. The molecule has 0 unspecified atom stereocenters. The minimum atomic E-state index is 1.23. The number of aryl methyl sites for hydroxylation is 3. The van der Waals surface area contributed by atoms with Gasteiger partial charge in [-0.1, -0.05) is 133 Å². The maximum absolute atomic E-state index is 2.39. The van der Waals surface area contributed by atoms with Crippen LogP contribution >= 0.6 is 0 Å². The number of benzene rings is 8. The van der Waals surface area contributed by atoms with Gasteiger partial charge in [0.05, 0.1) is 0 Å². The van der Waals surface area contributed by atoms with Crippen molar-refractivity contribution < 1.29 is 0 Å². The van der Waals surface area contributed by atoms with E-state index in [1.807, 2.05) is 0 Å². The molecule has 0 fully saturated rings. The molecule has 0 aliphatic carbocycles. The van der Waals surface area contributed by atoms with E-state index in [0.717, 1.165) is 0 Å². The molecule has 0 aromatic heterocycles. The van der Waals surface area contributed by atoms with Gasteiger partial charge in [-0.15, -0.1) is 0 Å². The predicted molar refractivity (Wildman–Crippen MR) is 203 cm³/mol. The Morgan fingerprint density at radius 1 is 0.255 bits per heavy atom. The van der Waals surface area contributed by atoms with E-state index < -0.39 is 0 Å². The normalized spacial score (nSPS) is 11.3. The summed E-state index contributed by atoms with van der Waals surface area (Å²) in [4.78, 5) is 0. The Morgan fingerprint density at radius 2 is 0.723 bits per heavy atom. The lowest BCUT2D eigenvalue weighted by Gasteiger charge is -2.15. The molecule has 0 radical (unpaired) electrons. The molecule has 0 heteroatoms. The predicted octanol–water partition coefficient (Wildman–Crippen LogP) is 13.3. The number of fused-ring (bicyclic) bond motifs is 2. The molecule has 0 amide bonds. The van der Waals surface area contributed by atoms with E-state index in [9.17, 15) is 0 Å². The first-order valence-electron chi connectivity index (χ1n) is 16.4. The molecule has 0 atom stereocenters. The highest BCUT2D eigenvalue weighted by atomic mass is 14.2. The average molecular weight is 601 g/mol. The fourth-order valence-corrected chi connectivity index (χ4v) is 7.01. The summed E-state index contributed by atoms with van der Waals surface area (Å²) < 4.78 is 0. The number of hydrogen-bond donors (Lipinski definition) is 0. The van der Waals surface area contributed by atoms with Crippen molar-refractivity contribution >= 4 is 21.5 Å². The van der Waals surface area contributed by atoms with E-state index in [4.69, 9.17) is 0 Å². The lowest BCUT2D eigenvalue weighted by atomic mass is 9.89. The van der Waals surface area contributed by atoms with Crippen LogP contribution in [0.4, 0.5) is 0 Å². The summed E-state index contributed by atoms with van der Waals surface area (Å²) in [5, 5.41) is 5.05. The fourth-order valence-electron chi connectivity index (χ4n) is 7.01. The van der Waals surface area contributed by atoms with Crippen molar-refractivity contribution in [3.8, 4) is 55.6 Å². The Bertz CT molecular complexity index is 2440. The zero-order valence-corrected chi connectivity index (χ0v) is 27.1. The molecule has 0 spiro atoms. The van der Waals surface area contributed by atoms with Crippen molar-refractivity contribution in [2.75, 3.05) is 0 Å². The molecule has 0 N–H and O–H groups in total. The first kappa shape index (κ1) is 28.7.